The molecule has 0 bridgehead atoms. The molecule has 0 fully saturated rings. The van der Waals surface area contributed by atoms with Crippen molar-refractivity contribution < 1.29 is 48.6 Å². The fourth-order valence-electron chi connectivity index (χ4n) is 4.79. The number of aliphatic carboxylic acids is 1. The summed E-state index contributed by atoms with van der Waals surface area (Å²) in [5.74, 6) is -7.74. The molecule has 0 aliphatic rings. The van der Waals surface area contributed by atoms with E-state index in [0.717, 1.165) is 0 Å². The summed E-state index contributed by atoms with van der Waals surface area (Å²) < 4.78 is 0. The molecule has 0 unspecified atom stereocenters. The number of rotatable bonds is 22. The molecule has 292 valence electrons. The lowest BCUT2D eigenvalue weighted by atomic mass is 10.0. The van der Waals surface area contributed by atoms with Crippen LogP contribution < -0.4 is 43.4 Å². The number of nitrogens with one attached hydrogen (secondary N) is 8. The Labute approximate surface area is 303 Å². The lowest BCUT2D eigenvalue weighted by Gasteiger charge is -2.26. The number of aromatic amines is 2. The van der Waals surface area contributed by atoms with Crippen LogP contribution in [0.5, 0.6) is 0 Å². The average Bonchev–Trinajstić information content (AvgIpc) is 3.79. The summed E-state index contributed by atoms with van der Waals surface area (Å²) in [6.07, 6.45) is 3.48. The molecule has 0 saturated carbocycles. The molecule has 2 rings (SSSR count). The van der Waals surface area contributed by atoms with E-state index in [1.165, 1.54) is 38.9 Å². The van der Waals surface area contributed by atoms with Gasteiger partial charge in [0.1, 0.15) is 30.2 Å². The van der Waals surface area contributed by atoms with E-state index in [9.17, 15) is 48.6 Å². The van der Waals surface area contributed by atoms with Gasteiger partial charge in [-0.2, -0.15) is 0 Å². The van der Waals surface area contributed by atoms with Crippen LogP contribution in [0.3, 0.4) is 0 Å². The number of carboxylic acid groups (broad SMARTS) is 1. The third-order valence-corrected chi connectivity index (χ3v) is 7.56. The van der Waals surface area contributed by atoms with Crippen molar-refractivity contribution in [1.82, 2.24) is 51.8 Å². The third-order valence-electron chi connectivity index (χ3n) is 7.56. The number of amides is 7. The van der Waals surface area contributed by atoms with E-state index in [1.807, 2.05) is 0 Å². The molecule has 0 radical (unpaired) electrons. The number of nitrogens with zero attached hydrogens (tertiary/aromatic N) is 2. The first-order valence-electron chi connectivity index (χ1n) is 16.6. The minimum absolute atomic E-state index is 0.0730. The third kappa shape index (κ3) is 15.1. The molecular formula is C31H48N12O10. The van der Waals surface area contributed by atoms with E-state index in [2.05, 4.69) is 51.8 Å². The van der Waals surface area contributed by atoms with E-state index in [4.69, 9.17) is 11.5 Å². The Kier molecular flexibility index (Phi) is 17.0. The van der Waals surface area contributed by atoms with Gasteiger partial charge in [-0.05, 0) is 26.2 Å². The van der Waals surface area contributed by atoms with Crippen LogP contribution in [0, 0.1) is 5.92 Å². The number of hydrogen-bond acceptors (Lipinski definition) is 12. The molecule has 7 amide bonds. The Morgan fingerprint density at radius 3 is 1.83 bits per heavy atom. The van der Waals surface area contributed by atoms with Crippen molar-refractivity contribution in [2.24, 2.45) is 17.4 Å². The second-order valence-corrected chi connectivity index (χ2v) is 12.7. The van der Waals surface area contributed by atoms with Gasteiger partial charge in [0.05, 0.1) is 37.8 Å². The Bertz CT molecular complexity index is 1560. The molecule has 0 aromatic carbocycles. The van der Waals surface area contributed by atoms with Gasteiger partial charge in [-0.1, -0.05) is 13.8 Å². The first-order chi connectivity index (χ1) is 24.9. The number of aliphatic hydroxyl groups excluding tert-OH is 1. The number of H-pyrrole nitrogens is 2. The van der Waals surface area contributed by atoms with Crippen molar-refractivity contribution in [1.29, 1.82) is 0 Å². The number of primary amides is 1. The maximum Gasteiger partial charge on any atom is 0.326 e. The normalized spacial score (nSPS) is 15.0. The molecular weight excluding hydrogens is 700 g/mol. The summed E-state index contributed by atoms with van der Waals surface area (Å²) in [7, 11) is 0. The van der Waals surface area contributed by atoms with E-state index >= 15 is 0 Å². The molecule has 14 N–H and O–H groups in total. The Balaban J connectivity index is 1.99. The predicted molar refractivity (Wildman–Crippen MR) is 183 cm³/mol. The predicted octanol–water partition coefficient (Wildman–Crippen LogP) is -4.81. The van der Waals surface area contributed by atoms with E-state index in [1.54, 1.807) is 13.8 Å². The summed E-state index contributed by atoms with van der Waals surface area (Å²) in [5.41, 5.74) is 12.1. The number of carbonyl (C=O) groups is 8. The first-order valence-corrected chi connectivity index (χ1v) is 16.6. The summed E-state index contributed by atoms with van der Waals surface area (Å²) in [5, 5.41) is 33.8. The number of carbonyl (C=O) groups excluding carboxylic acids is 7. The zero-order valence-corrected chi connectivity index (χ0v) is 29.7. The van der Waals surface area contributed by atoms with Crippen LogP contribution in [-0.4, -0.2) is 126 Å². The van der Waals surface area contributed by atoms with Crippen LogP contribution in [0.4, 0.5) is 0 Å². The number of aliphatic hydroxyl groups is 1. The molecule has 2 aromatic heterocycles. The van der Waals surface area contributed by atoms with Crippen LogP contribution in [0.2, 0.25) is 0 Å². The summed E-state index contributed by atoms with van der Waals surface area (Å²) in [6.45, 7) is 5.38. The smallest absolute Gasteiger partial charge is 0.326 e. The van der Waals surface area contributed by atoms with E-state index in [-0.39, 0.29) is 25.2 Å². The van der Waals surface area contributed by atoms with Crippen LogP contribution in [0.15, 0.2) is 25.0 Å². The van der Waals surface area contributed by atoms with Crippen LogP contribution in [0.1, 0.15) is 51.9 Å². The van der Waals surface area contributed by atoms with E-state index < -0.39 is 103 Å². The highest BCUT2D eigenvalue weighted by molar-refractivity contribution is 5.97. The Hall–Kier alpha value is -5.90. The lowest BCUT2D eigenvalue weighted by molar-refractivity contribution is -0.142. The van der Waals surface area contributed by atoms with Gasteiger partial charge in [-0.15, -0.1) is 0 Å². The van der Waals surface area contributed by atoms with Gasteiger partial charge in [0.2, 0.25) is 41.4 Å². The van der Waals surface area contributed by atoms with Crippen molar-refractivity contribution in [3.63, 3.8) is 0 Å². The second kappa shape index (κ2) is 20.8. The molecule has 0 saturated heterocycles. The van der Waals surface area contributed by atoms with Gasteiger partial charge in [-0.3, -0.25) is 33.6 Å². The molecule has 53 heavy (non-hydrogen) atoms. The molecule has 2 aromatic rings. The topological polar surface area (TPSA) is 359 Å². The monoisotopic (exact) mass is 748 g/mol. The van der Waals surface area contributed by atoms with Gasteiger partial charge in [0.15, 0.2) is 0 Å². The quantitative estimate of drug-likeness (QED) is 0.0539. The summed E-state index contributed by atoms with van der Waals surface area (Å²) in [4.78, 5) is 114. The van der Waals surface area contributed by atoms with Crippen molar-refractivity contribution in [3.05, 3.63) is 36.4 Å². The Morgan fingerprint density at radius 2 is 1.32 bits per heavy atom. The Morgan fingerprint density at radius 1 is 0.736 bits per heavy atom. The number of nitrogens with two attached hydrogens (primary N) is 2. The molecule has 22 nitrogen and oxygen atoms in total. The molecule has 2 heterocycles. The standard InChI is InChI=1S/C31H48N12O10/c1-14(2)5-20(41-26(47)15(3)39-30(51)25(16(4)44)43-27(48)19(32)6-17-9-34-12-37-17)28(49)36-11-24(46)40-21(8-23(33)45)29(50)42-22(31(52)53)7-18-10-35-13-38-18/h9-10,12-16,19-22,25,44H,5-8,11,32H2,1-4H3,(H2,33,45)(H,34,37)(H,35,38)(H,36,49)(H,39,51)(H,40,46)(H,41,47)(H,42,50)(H,43,48)(H,52,53)/t15-,16+,19-,20-,21-,22-,25-/m0/s1. The van der Waals surface area contributed by atoms with Crippen molar-refractivity contribution in [3.8, 4) is 0 Å². The van der Waals surface area contributed by atoms with Crippen LogP contribution in [-0.2, 0) is 51.2 Å². The van der Waals surface area contributed by atoms with Gasteiger partial charge in [-0.25, -0.2) is 14.8 Å². The van der Waals surface area contributed by atoms with E-state index in [0.29, 0.717) is 11.4 Å². The summed E-state index contributed by atoms with van der Waals surface area (Å²) >= 11 is 0. The van der Waals surface area contributed by atoms with Crippen LogP contribution >= 0.6 is 0 Å². The SMILES string of the molecule is CC(C)C[C@H](NC(=O)[C@H](C)NC(=O)[C@@H](NC(=O)[C@@H](N)Cc1cnc[nH]1)[C@@H](C)O)C(=O)NCC(=O)N[C@@H](CC(N)=O)C(=O)N[C@@H](Cc1cnc[nH]1)C(=O)O. The fourth-order valence-corrected chi connectivity index (χ4v) is 4.79. The largest absolute Gasteiger partial charge is 0.480 e. The van der Waals surface area contributed by atoms with Gasteiger partial charge < -0.3 is 63.5 Å². The number of carboxylic acids is 1. The fraction of sp³-hybridized carbons (Fsp3) is 0.548. The highest BCUT2D eigenvalue weighted by atomic mass is 16.4. The van der Waals surface area contributed by atoms with Gasteiger partial charge in [0.25, 0.3) is 0 Å². The molecule has 7 atom stereocenters. The van der Waals surface area contributed by atoms with Crippen LogP contribution in [0.25, 0.3) is 0 Å². The highest BCUT2D eigenvalue weighted by Crippen LogP contribution is 2.07. The maximum atomic E-state index is 13.1. The van der Waals surface area contributed by atoms with Crippen molar-refractivity contribution in [2.75, 3.05) is 6.54 Å². The number of aromatic nitrogens is 4. The maximum absolute atomic E-state index is 13.1. The first kappa shape index (κ1) is 43.3. The molecule has 0 aliphatic carbocycles. The molecule has 0 spiro atoms. The zero-order valence-electron chi connectivity index (χ0n) is 29.7. The highest BCUT2D eigenvalue weighted by Gasteiger charge is 2.32. The van der Waals surface area contributed by atoms with Crippen molar-refractivity contribution >= 4 is 47.3 Å². The molecule has 22 heteroatoms. The minimum atomic E-state index is -1.58. The second-order valence-electron chi connectivity index (χ2n) is 12.7. The van der Waals surface area contributed by atoms with Crippen molar-refractivity contribution in [2.45, 2.75) is 95.7 Å². The minimum Gasteiger partial charge on any atom is -0.480 e. The molecule has 0 aliphatic heterocycles. The summed E-state index contributed by atoms with van der Waals surface area (Å²) in [6, 6.07) is -8.07. The average molecular weight is 749 g/mol. The zero-order chi connectivity index (χ0) is 39.8. The number of hydrogen-bond donors (Lipinski definition) is 12. The van der Waals surface area contributed by atoms with Gasteiger partial charge >= 0.3 is 5.97 Å². The van der Waals surface area contributed by atoms with Gasteiger partial charge in [0, 0.05) is 36.6 Å². The lowest BCUT2D eigenvalue weighted by Crippen LogP contribution is -2.60. The number of imidazole rings is 2.